The number of anilines is 1. The molecule has 17 heavy (non-hydrogen) atoms. The van der Waals surface area contributed by atoms with E-state index in [-0.39, 0.29) is 11.8 Å². The molecule has 0 bridgehead atoms. The first-order valence-electron chi connectivity index (χ1n) is 5.21. The lowest BCUT2D eigenvalue weighted by Gasteiger charge is -2.35. The van der Waals surface area contributed by atoms with Crippen molar-refractivity contribution >= 4 is 27.5 Å². The maximum Gasteiger partial charge on any atom is 0.280 e. The van der Waals surface area contributed by atoms with Crippen molar-refractivity contribution in [3.05, 3.63) is 23.8 Å². The molecule has 0 saturated carbocycles. The van der Waals surface area contributed by atoms with Crippen molar-refractivity contribution in [1.82, 2.24) is 0 Å². The highest BCUT2D eigenvalue weighted by atomic mass is 79.9. The summed E-state index contributed by atoms with van der Waals surface area (Å²) in [6.45, 7) is 3.78. The van der Waals surface area contributed by atoms with Gasteiger partial charge < -0.3 is 10.1 Å². The van der Waals surface area contributed by atoms with E-state index in [1.54, 1.807) is 18.2 Å². The molecule has 88 valence electrons. The van der Waals surface area contributed by atoms with Gasteiger partial charge in [0.05, 0.1) is 17.3 Å². The fourth-order valence-electron chi connectivity index (χ4n) is 1.58. The van der Waals surface area contributed by atoms with E-state index in [1.807, 2.05) is 19.9 Å². The SMILES string of the molecule is CC(C)C1(Br)Oc2ccc(C#N)cc2NC1=O. The van der Waals surface area contributed by atoms with E-state index in [4.69, 9.17) is 10.00 Å². The molecule has 1 aromatic carbocycles. The number of alkyl halides is 1. The van der Waals surface area contributed by atoms with Crippen LogP contribution >= 0.6 is 15.9 Å². The van der Waals surface area contributed by atoms with Crippen LogP contribution in [-0.2, 0) is 4.79 Å². The number of halogens is 1. The zero-order valence-corrected chi connectivity index (χ0v) is 11.0. The van der Waals surface area contributed by atoms with Gasteiger partial charge in [0.1, 0.15) is 5.75 Å². The molecule has 0 aromatic heterocycles. The standard InChI is InChI=1S/C12H11BrN2O2/c1-7(2)12(13)11(16)15-9-5-8(6-14)3-4-10(9)17-12/h3-5,7H,1-2H3,(H,15,16). The first kappa shape index (κ1) is 11.9. The van der Waals surface area contributed by atoms with Crippen LogP contribution in [0.2, 0.25) is 0 Å². The van der Waals surface area contributed by atoms with Crippen molar-refractivity contribution in [2.24, 2.45) is 5.92 Å². The molecule has 1 aromatic rings. The summed E-state index contributed by atoms with van der Waals surface area (Å²) in [5.74, 6) is 0.288. The van der Waals surface area contributed by atoms with Crippen molar-refractivity contribution in [3.63, 3.8) is 0 Å². The molecular weight excluding hydrogens is 284 g/mol. The molecule has 1 aliphatic rings. The molecule has 5 heteroatoms. The molecule has 1 unspecified atom stereocenters. The van der Waals surface area contributed by atoms with Gasteiger partial charge in [-0.25, -0.2) is 0 Å². The minimum atomic E-state index is -1.05. The number of fused-ring (bicyclic) bond motifs is 1. The normalized spacial score (nSPS) is 22.4. The van der Waals surface area contributed by atoms with E-state index in [0.29, 0.717) is 17.0 Å². The number of amides is 1. The van der Waals surface area contributed by atoms with Gasteiger partial charge in [-0.1, -0.05) is 13.8 Å². The highest BCUT2D eigenvalue weighted by molar-refractivity contribution is 9.10. The molecule has 1 heterocycles. The number of benzene rings is 1. The molecule has 2 rings (SSSR count). The van der Waals surface area contributed by atoms with Gasteiger partial charge in [0.25, 0.3) is 5.91 Å². The number of rotatable bonds is 1. The van der Waals surface area contributed by atoms with Gasteiger partial charge in [-0.15, -0.1) is 0 Å². The van der Waals surface area contributed by atoms with Gasteiger partial charge in [0, 0.05) is 5.92 Å². The summed E-state index contributed by atoms with van der Waals surface area (Å²) in [5.41, 5.74) is 1.02. The van der Waals surface area contributed by atoms with Crippen LogP contribution in [0.15, 0.2) is 18.2 Å². The van der Waals surface area contributed by atoms with Crippen LogP contribution in [0.25, 0.3) is 0 Å². The highest BCUT2D eigenvalue weighted by Gasteiger charge is 2.45. The number of nitrogens with zero attached hydrogens (tertiary/aromatic N) is 1. The Morgan fingerprint density at radius 3 is 2.82 bits per heavy atom. The van der Waals surface area contributed by atoms with Gasteiger partial charge >= 0.3 is 0 Å². The Hall–Kier alpha value is -1.54. The Balaban J connectivity index is 2.44. The highest BCUT2D eigenvalue weighted by Crippen LogP contribution is 2.40. The minimum absolute atomic E-state index is 0.0220. The third kappa shape index (κ3) is 1.89. The lowest BCUT2D eigenvalue weighted by molar-refractivity contribution is -0.127. The van der Waals surface area contributed by atoms with Gasteiger partial charge in [0.15, 0.2) is 0 Å². The van der Waals surface area contributed by atoms with Crippen molar-refractivity contribution in [1.29, 1.82) is 5.26 Å². The first-order valence-corrected chi connectivity index (χ1v) is 6.00. The second kappa shape index (κ2) is 4.04. The Kier molecular flexibility index (Phi) is 2.84. The Morgan fingerprint density at radius 1 is 1.53 bits per heavy atom. The van der Waals surface area contributed by atoms with Gasteiger partial charge in [0.2, 0.25) is 4.51 Å². The van der Waals surface area contributed by atoms with Crippen LogP contribution in [0.5, 0.6) is 5.75 Å². The van der Waals surface area contributed by atoms with Crippen LogP contribution in [0, 0.1) is 17.2 Å². The topological polar surface area (TPSA) is 62.1 Å². The maximum absolute atomic E-state index is 12.0. The van der Waals surface area contributed by atoms with E-state index in [1.165, 1.54) is 0 Å². The van der Waals surface area contributed by atoms with E-state index >= 15 is 0 Å². The summed E-state index contributed by atoms with van der Waals surface area (Å²) in [6, 6.07) is 6.96. The summed E-state index contributed by atoms with van der Waals surface area (Å²) in [6.07, 6.45) is 0. The molecule has 0 spiro atoms. The number of carbonyl (C=O) groups is 1. The Labute approximate surface area is 108 Å². The zero-order chi connectivity index (χ0) is 12.6. The summed E-state index contributed by atoms with van der Waals surface area (Å²) in [5, 5.41) is 11.5. The molecule has 4 nitrogen and oxygen atoms in total. The number of hydrogen-bond donors (Lipinski definition) is 1. The fraction of sp³-hybridized carbons (Fsp3) is 0.333. The number of ether oxygens (including phenoxy) is 1. The average molecular weight is 295 g/mol. The monoisotopic (exact) mass is 294 g/mol. The largest absolute Gasteiger partial charge is 0.464 e. The average Bonchev–Trinajstić information content (AvgIpc) is 2.30. The van der Waals surface area contributed by atoms with Crippen molar-refractivity contribution < 1.29 is 9.53 Å². The quantitative estimate of drug-likeness (QED) is 0.810. The molecule has 1 N–H and O–H groups in total. The molecule has 1 atom stereocenters. The Morgan fingerprint density at radius 2 is 2.24 bits per heavy atom. The molecule has 1 amide bonds. The molecule has 0 radical (unpaired) electrons. The molecule has 0 fully saturated rings. The third-order valence-electron chi connectivity index (χ3n) is 2.67. The van der Waals surface area contributed by atoms with Gasteiger partial charge in [-0.05, 0) is 34.1 Å². The van der Waals surface area contributed by atoms with E-state index < -0.39 is 4.51 Å². The summed E-state index contributed by atoms with van der Waals surface area (Å²) < 4.78 is 4.64. The summed E-state index contributed by atoms with van der Waals surface area (Å²) >= 11 is 3.33. The number of carbonyl (C=O) groups excluding carboxylic acids is 1. The number of hydrogen-bond acceptors (Lipinski definition) is 3. The van der Waals surface area contributed by atoms with Crippen LogP contribution in [0.3, 0.4) is 0 Å². The first-order chi connectivity index (χ1) is 7.97. The maximum atomic E-state index is 12.0. The lowest BCUT2D eigenvalue weighted by atomic mass is 10.0. The summed E-state index contributed by atoms with van der Waals surface area (Å²) in [4.78, 5) is 12.0. The van der Waals surface area contributed by atoms with Crippen LogP contribution in [0.1, 0.15) is 19.4 Å². The fourth-order valence-corrected chi connectivity index (χ4v) is 1.85. The van der Waals surface area contributed by atoms with E-state index in [0.717, 1.165) is 0 Å². The van der Waals surface area contributed by atoms with Crippen LogP contribution in [-0.4, -0.2) is 10.4 Å². The minimum Gasteiger partial charge on any atom is -0.464 e. The van der Waals surface area contributed by atoms with E-state index in [2.05, 4.69) is 21.2 Å². The number of nitrogens with one attached hydrogen (secondary N) is 1. The second-order valence-corrected chi connectivity index (χ2v) is 5.36. The Bertz CT molecular complexity index is 522. The predicted molar refractivity (Wildman–Crippen MR) is 66.9 cm³/mol. The predicted octanol–water partition coefficient (Wildman–Crippen LogP) is 2.64. The van der Waals surface area contributed by atoms with Crippen molar-refractivity contribution in [3.8, 4) is 11.8 Å². The molecular formula is C12H11BrN2O2. The van der Waals surface area contributed by atoms with Gasteiger partial charge in [-0.2, -0.15) is 5.26 Å². The third-order valence-corrected chi connectivity index (χ3v) is 4.11. The van der Waals surface area contributed by atoms with Crippen molar-refractivity contribution in [2.75, 3.05) is 5.32 Å². The van der Waals surface area contributed by atoms with Crippen LogP contribution < -0.4 is 10.1 Å². The molecule has 0 saturated heterocycles. The molecule has 1 aliphatic heterocycles. The molecule has 0 aliphatic carbocycles. The van der Waals surface area contributed by atoms with Crippen LogP contribution in [0.4, 0.5) is 5.69 Å². The second-order valence-electron chi connectivity index (χ2n) is 4.18. The summed E-state index contributed by atoms with van der Waals surface area (Å²) in [7, 11) is 0. The smallest absolute Gasteiger partial charge is 0.280 e. The number of nitriles is 1. The van der Waals surface area contributed by atoms with E-state index in [9.17, 15) is 4.79 Å². The lowest BCUT2D eigenvalue weighted by Crippen LogP contribution is -2.49. The van der Waals surface area contributed by atoms with Gasteiger partial charge in [-0.3, -0.25) is 4.79 Å². The van der Waals surface area contributed by atoms with Crippen molar-refractivity contribution in [2.45, 2.75) is 18.4 Å². The zero-order valence-electron chi connectivity index (χ0n) is 9.45.